The number of carbonyl (C=O) groups excluding carboxylic acids is 1. The number of alkyl carbamates (subject to hydrolysis) is 1. The molecule has 0 spiro atoms. The van der Waals surface area contributed by atoms with E-state index in [9.17, 15) is 9.59 Å². The van der Waals surface area contributed by atoms with E-state index in [1.807, 2.05) is 6.92 Å². The first-order valence-corrected chi connectivity index (χ1v) is 6.53. The van der Waals surface area contributed by atoms with E-state index in [0.29, 0.717) is 6.54 Å². The number of amides is 1. The molecule has 6 nitrogen and oxygen atoms in total. The van der Waals surface area contributed by atoms with Crippen molar-refractivity contribution < 1.29 is 19.4 Å². The van der Waals surface area contributed by atoms with E-state index >= 15 is 0 Å². The first-order valence-electron chi connectivity index (χ1n) is 6.53. The number of hydrogen-bond donors (Lipinski definition) is 2. The first kappa shape index (κ1) is 15.5. The molecule has 0 bridgehead atoms. The molecule has 1 heterocycles. The lowest BCUT2D eigenvalue weighted by Gasteiger charge is -2.36. The van der Waals surface area contributed by atoms with Gasteiger partial charge in [0.25, 0.3) is 0 Å². The molecule has 1 amide bonds. The molecule has 0 aromatic carbocycles. The third-order valence-corrected chi connectivity index (χ3v) is 3.20. The van der Waals surface area contributed by atoms with Gasteiger partial charge in [0.2, 0.25) is 0 Å². The summed E-state index contributed by atoms with van der Waals surface area (Å²) in [5, 5.41) is 11.6. The summed E-state index contributed by atoms with van der Waals surface area (Å²) in [4.78, 5) is 24.2. The SMILES string of the molecule is C=CCOC(=O)NC1CCCN(C(C)CC(=O)O)C1. The van der Waals surface area contributed by atoms with Crippen molar-refractivity contribution >= 4 is 12.1 Å². The molecule has 2 N–H and O–H groups in total. The van der Waals surface area contributed by atoms with Crippen molar-refractivity contribution in [1.29, 1.82) is 0 Å². The molecule has 19 heavy (non-hydrogen) atoms. The van der Waals surface area contributed by atoms with Crippen LogP contribution in [0.1, 0.15) is 26.2 Å². The van der Waals surface area contributed by atoms with Crippen molar-refractivity contribution in [2.75, 3.05) is 19.7 Å². The minimum absolute atomic E-state index is 0.0160. The molecule has 1 aliphatic heterocycles. The zero-order valence-electron chi connectivity index (χ0n) is 11.3. The highest BCUT2D eigenvalue weighted by atomic mass is 16.5. The van der Waals surface area contributed by atoms with Crippen LogP contribution in [0.4, 0.5) is 4.79 Å². The number of rotatable bonds is 6. The number of piperidine rings is 1. The Morgan fingerprint density at radius 3 is 3.00 bits per heavy atom. The summed E-state index contributed by atoms with van der Waals surface area (Å²) in [6.07, 6.45) is 3.02. The number of carboxylic acid groups (broad SMARTS) is 1. The number of carboxylic acids is 1. The molecular formula is C13H22N2O4. The van der Waals surface area contributed by atoms with Crippen LogP contribution in [0.25, 0.3) is 0 Å². The maximum Gasteiger partial charge on any atom is 0.407 e. The zero-order valence-corrected chi connectivity index (χ0v) is 11.3. The molecule has 2 unspecified atom stereocenters. The monoisotopic (exact) mass is 270 g/mol. The maximum absolute atomic E-state index is 11.4. The quantitative estimate of drug-likeness (QED) is 0.710. The van der Waals surface area contributed by atoms with E-state index in [1.165, 1.54) is 6.08 Å². The van der Waals surface area contributed by atoms with Gasteiger partial charge in [0.1, 0.15) is 6.61 Å². The van der Waals surface area contributed by atoms with Crippen LogP contribution in [0.3, 0.4) is 0 Å². The molecule has 0 aliphatic carbocycles. The lowest BCUT2D eigenvalue weighted by molar-refractivity contribution is -0.138. The van der Waals surface area contributed by atoms with Crippen LogP contribution in [0.15, 0.2) is 12.7 Å². The Bertz CT molecular complexity index is 333. The highest BCUT2D eigenvalue weighted by Crippen LogP contribution is 2.15. The van der Waals surface area contributed by atoms with Crippen molar-refractivity contribution in [3.63, 3.8) is 0 Å². The summed E-state index contributed by atoms with van der Waals surface area (Å²) in [6, 6.07) is -0.00592. The molecule has 0 saturated carbocycles. The Kier molecular flexibility index (Phi) is 6.35. The van der Waals surface area contributed by atoms with Gasteiger partial charge in [-0.05, 0) is 26.3 Å². The fourth-order valence-electron chi connectivity index (χ4n) is 2.25. The van der Waals surface area contributed by atoms with Crippen LogP contribution in [-0.4, -0.2) is 53.8 Å². The van der Waals surface area contributed by atoms with Crippen LogP contribution in [0, 0.1) is 0 Å². The van der Waals surface area contributed by atoms with Gasteiger partial charge < -0.3 is 15.2 Å². The Balaban J connectivity index is 2.39. The fourth-order valence-corrected chi connectivity index (χ4v) is 2.25. The summed E-state index contributed by atoms with van der Waals surface area (Å²) in [5.74, 6) is -0.798. The first-order chi connectivity index (χ1) is 9.02. The fraction of sp³-hybridized carbons (Fsp3) is 0.692. The third kappa shape index (κ3) is 5.74. The van der Waals surface area contributed by atoms with Gasteiger partial charge in [-0.15, -0.1) is 0 Å². The second kappa shape index (κ2) is 7.78. The molecule has 6 heteroatoms. The summed E-state index contributed by atoms with van der Waals surface area (Å²) in [5.41, 5.74) is 0. The van der Waals surface area contributed by atoms with Gasteiger partial charge in [-0.25, -0.2) is 4.79 Å². The van der Waals surface area contributed by atoms with Crippen molar-refractivity contribution in [3.05, 3.63) is 12.7 Å². The molecule has 1 aliphatic rings. The van der Waals surface area contributed by atoms with E-state index < -0.39 is 12.1 Å². The number of nitrogens with zero attached hydrogens (tertiary/aromatic N) is 1. The van der Waals surface area contributed by atoms with Crippen molar-refractivity contribution in [2.45, 2.75) is 38.3 Å². The van der Waals surface area contributed by atoms with E-state index in [1.54, 1.807) is 0 Å². The number of likely N-dealkylation sites (tertiary alicyclic amines) is 1. The average molecular weight is 270 g/mol. The van der Waals surface area contributed by atoms with Gasteiger partial charge in [0.05, 0.1) is 6.42 Å². The maximum atomic E-state index is 11.4. The van der Waals surface area contributed by atoms with Crippen molar-refractivity contribution in [3.8, 4) is 0 Å². The van der Waals surface area contributed by atoms with Gasteiger partial charge >= 0.3 is 12.1 Å². The number of aliphatic carboxylic acids is 1. The van der Waals surface area contributed by atoms with Gasteiger partial charge in [-0.3, -0.25) is 9.69 Å². The molecule has 1 rings (SSSR count). The Labute approximate surface area is 113 Å². The summed E-state index contributed by atoms with van der Waals surface area (Å²) in [7, 11) is 0. The average Bonchev–Trinajstić information content (AvgIpc) is 2.36. The van der Waals surface area contributed by atoms with Crippen molar-refractivity contribution in [1.82, 2.24) is 10.2 Å². The minimum atomic E-state index is -0.798. The van der Waals surface area contributed by atoms with E-state index in [-0.39, 0.29) is 25.1 Å². The lowest BCUT2D eigenvalue weighted by Crippen LogP contribution is -2.50. The highest BCUT2D eigenvalue weighted by molar-refractivity contribution is 5.68. The number of carbonyl (C=O) groups is 2. The van der Waals surface area contributed by atoms with Crippen molar-refractivity contribution in [2.24, 2.45) is 0 Å². The van der Waals surface area contributed by atoms with Gasteiger partial charge in [-0.2, -0.15) is 0 Å². The number of nitrogens with one attached hydrogen (secondary N) is 1. The molecule has 1 fully saturated rings. The molecular weight excluding hydrogens is 248 g/mol. The summed E-state index contributed by atoms with van der Waals surface area (Å²) >= 11 is 0. The van der Waals surface area contributed by atoms with Crippen LogP contribution < -0.4 is 5.32 Å². The molecule has 108 valence electrons. The third-order valence-electron chi connectivity index (χ3n) is 3.20. The Morgan fingerprint density at radius 2 is 2.37 bits per heavy atom. The predicted molar refractivity (Wildman–Crippen MR) is 71.0 cm³/mol. The molecule has 0 aromatic heterocycles. The van der Waals surface area contributed by atoms with Gasteiger partial charge in [0, 0.05) is 18.6 Å². The normalized spacial score (nSPS) is 21.4. The van der Waals surface area contributed by atoms with Crippen LogP contribution in [0.2, 0.25) is 0 Å². The molecule has 0 radical (unpaired) electrons. The standard InChI is InChI=1S/C13H22N2O4/c1-3-7-19-13(18)14-11-5-4-6-15(9-11)10(2)8-12(16)17/h3,10-11H,1,4-9H2,2H3,(H,14,18)(H,16,17). The van der Waals surface area contributed by atoms with Gasteiger partial charge in [-0.1, -0.05) is 12.7 Å². The highest BCUT2D eigenvalue weighted by Gasteiger charge is 2.25. The van der Waals surface area contributed by atoms with E-state index in [0.717, 1.165) is 19.4 Å². The van der Waals surface area contributed by atoms with E-state index in [2.05, 4.69) is 16.8 Å². The zero-order chi connectivity index (χ0) is 14.3. The lowest BCUT2D eigenvalue weighted by atomic mass is 10.0. The topological polar surface area (TPSA) is 78.9 Å². The van der Waals surface area contributed by atoms with Crippen LogP contribution >= 0.6 is 0 Å². The predicted octanol–water partition coefficient (Wildman–Crippen LogP) is 1.23. The largest absolute Gasteiger partial charge is 0.481 e. The van der Waals surface area contributed by atoms with Gasteiger partial charge in [0.15, 0.2) is 0 Å². The van der Waals surface area contributed by atoms with Crippen LogP contribution in [-0.2, 0) is 9.53 Å². The Hall–Kier alpha value is -1.56. The number of hydrogen-bond acceptors (Lipinski definition) is 4. The Morgan fingerprint density at radius 1 is 1.63 bits per heavy atom. The molecule has 2 atom stereocenters. The number of ether oxygens (including phenoxy) is 1. The summed E-state index contributed by atoms with van der Waals surface area (Å²) < 4.78 is 4.87. The van der Waals surface area contributed by atoms with Crippen LogP contribution in [0.5, 0.6) is 0 Å². The summed E-state index contributed by atoms with van der Waals surface area (Å²) in [6.45, 7) is 7.09. The van der Waals surface area contributed by atoms with E-state index in [4.69, 9.17) is 9.84 Å². The minimum Gasteiger partial charge on any atom is -0.481 e. The molecule has 0 aromatic rings. The second-order valence-corrected chi connectivity index (χ2v) is 4.81. The molecule has 1 saturated heterocycles. The second-order valence-electron chi connectivity index (χ2n) is 4.81. The smallest absolute Gasteiger partial charge is 0.407 e.